The number of morpholine rings is 1. The molecule has 2 saturated heterocycles. The number of nitrogens with zero attached hydrogens (tertiary/aromatic N) is 3. The molecule has 2 aliphatic heterocycles. The average molecular weight is 264 g/mol. The Labute approximate surface area is 114 Å². The predicted molar refractivity (Wildman–Crippen MR) is 73.8 cm³/mol. The lowest BCUT2D eigenvalue weighted by molar-refractivity contribution is -0.0611. The van der Waals surface area contributed by atoms with Crippen LogP contribution in [-0.2, 0) is 11.3 Å². The zero-order valence-electron chi connectivity index (χ0n) is 11.7. The lowest BCUT2D eigenvalue weighted by Crippen LogP contribution is -2.50. The summed E-state index contributed by atoms with van der Waals surface area (Å²) in [6.07, 6.45) is 7.59. The van der Waals surface area contributed by atoms with Crippen molar-refractivity contribution in [2.75, 3.05) is 19.7 Å². The van der Waals surface area contributed by atoms with E-state index in [4.69, 9.17) is 10.5 Å². The summed E-state index contributed by atoms with van der Waals surface area (Å²) >= 11 is 0. The van der Waals surface area contributed by atoms with Crippen LogP contribution in [0.25, 0.3) is 0 Å². The Morgan fingerprint density at radius 2 is 2.47 bits per heavy atom. The van der Waals surface area contributed by atoms with E-state index in [-0.39, 0.29) is 12.1 Å². The second-order valence-corrected chi connectivity index (χ2v) is 5.67. The van der Waals surface area contributed by atoms with Gasteiger partial charge in [-0.05, 0) is 25.8 Å². The van der Waals surface area contributed by atoms with Crippen LogP contribution in [-0.4, -0.2) is 46.3 Å². The van der Waals surface area contributed by atoms with E-state index in [1.54, 1.807) is 0 Å². The van der Waals surface area contributed by atoms with Crippen molar-refractivity contribution in [3.63, 3.8) is 0 Å². The summed E-state index contributed by atoms with van der Waals surface area (Å²) in [5.74, 6) is 0.962. The monoisotopic (exact) mass is 264 g/mol. The Kier molecular flexibility index (Phi) is 3.86. The van der Waals surface area contributed by atoms with Gasteiger partial charge in [0.2, 0.25) is 0 Å². The standard InChI is InChI=1S/C14H24N4O/c1-2-6-17-8-5-16-14(17)13(15)12-9-18-7-3-4-11(18)10-19-12/h5,8,11-13H,2-4,6-7,9-10,15H2,1H3. The Morgan fingerprint density at radius 1 is 1.58 bits per heavy atom. The van der Waals surface area contributed by atoms with Crippen LogP contribution in [0.3, 0.4) is 0 Å². The minimum atomic E-state index is -0.122. The van der Waals surface area contributed by atoms with Crippen molar-refractivity contribution in [3.05, 3.63) is 18.2 Å². The Hall–Kier alpha value is -0.910. The zero-order valence-corrected chi connectivity index (χ0v) is 11.7. The molecular formula is C14H24N4O. The van der Waals surface area contributed by atoms with E-state index in [1.165, 1.54) is 19.4 Å². The summed E-state index contributed by atoms with van der Waals surface area (Å²) in [5.41, 5.74) is 6.39. The van der Waals surface area contributed by atoms with Crippen LogP contribution in [0, 0.1) is 0 Å². The number of nitrogens with two attached hydrogens (primary N) is 1. The molecule has 0 amide bonds. The van der Waals surface area contributed by atoms with Crippen LogP contribution in [0.5, 0.6) is 0 Å². The Balaban J connectivity index is 1.69. The molecule has 2 fully saturated rings. The number of hydrogen-bond acceptors (Lipinski definition) is 4. The SMILES string of the molecule is CCCn1ccnc1C(N)C1CN2CCCC2CO1. The first kappa shape index (κ1) is 13.1. The average Bonchev–Trinajstić information content (AvgIpc) is 3.05. The highest BCUT2D eigenvalue weighted by molar-refractivity contribution is 5.03. The van der Waals surface area contributed by atoms with Crippen LogP contribution in [0.4, 0.5) is 0 Å². The summed E-state index contributed by atoms with van der Waals surface area (Å²) < 4.78 is 8.15. The number of fused-ring (bicyclic) bond motifs is 1. The topological polar surface area (TPSA) is 56.3 Å². The molecule has 1 aromatic heterocycles. The maximum absolute atomic E-state index is 6.39. The van der Waals surface area contributed by atoms with Gasteiger partial charge in [0.05, 0.1) is 18.8 Å². The van der Waals surface area contributed by atoms with Gasteiger partial charge in [0.25, 0.3) is 0 Å². The minimum Gasteiger partial charge on any atom is -0.373 e. The molecule has 3 rings (SSSR count). The predicted octanol–water partition coefficient (Wildman–Crippen LogP) is 1.16. The van der Waals surface area contributed by atoms with E-state index in [9.17, 15) is 0 Å². The number of aryl methyl sites for hydroxylation is 1. The quantitative estimate of drug-likeness (QED) is 0.886. The zero-order chi connectivity index (χ0) is 13.2. The highest BCUT2D eigenvalue weighted by Crippen LogP contribution is 2.27. The number of aromatic nitrogens is 2. The first-order valence-electron chi connectivity index (χ1n) is 7.42. The number of rotatable bonds is 4. The first-order valence-corrected chi connectivity index (χ1v) is 7.42. The second-order valence-electron chi connectivity index (χ2n) is 5.67. The maximum atomic E-state index is 6.39. The molecule has 0 radical (unpaired) electrons. The highest BCUT2D eigenvalue weighted by atomic mass is 16.5. The van der Waals surface area contributed by atoms with Gasteiger partial charge in [-0.25, -0.2) is 4.98 Å². The number of hydrogen-bond donors (Lipinski definition) is 1. The van der Waals surface area contributed by atoms with E-state index in [1.807, 2.05) is 12.4 Å². The van der Waals surface area contributed by atoms with Crippen LogP contribution in [0.2, 0.25) is 0 Å². The lowest BCUT2D eigenvalue weighted by atomic mass is 10.1. The van der Waals surface area contributed by atoms with E-state index >= 15 is 0 Å². The molecule has 106 valence electrons. The Morgan fingerprint density at radius 3 is 3.32 bits per heavy atom. The summed E-state index contributed by atoms with van der Waals surface area (Å²) in [6.45, 7) is 6.11. The van der Waals surface area contributed by atoms with Crippen LogP contribution < -0.4 is 5.73 Å². The van der Waals surface area contributed by atoms with E-state index < -0.39 is 0 Å². The fourth-order valence-electron chi connectivity index (χ4n) is 3.27. The summed E-state index contributed by atoms with van der Waals surface area (Å²) in [7, 11) is 0. The smallest absolute Gasteiger partial charge is 0.128 e. The largest absolute Gasteiger partial charge is 0.373 e. The maximum Gasteiger partial charge on any atom is 0.128 e. The second kappa shape index (κ2) is 5.61. The molecule has 1 aromatic rings. The molecule has 3 unspecified atom stereocenters. The van der Waals surface area contributed by atoms with Gasteiger partial charge in [0.1, 0.15) is 5.82 Å². The fraction of sp³-hybridized carbons (Fsp3) is 0.786. The van der Waals surface area contributed by atoms with Gasteiger partial charge in [0, 0.05) is 31.5 Å². The molecule has 0 spiro atoms. The van der Waals surface area contributed by atoms with Crippen molar-refractivity contribution < 1.29 is 4.74 Å². The van der Waals surface area contributed by atoms with E-state index in [0.29, 0.717) is 6.04 Å². The molecule has 5 heteroatoms. The van der Waals surface area contributed by atoms with Crippen molar-refractivity contribution in [1.82, 2.24) is 14.5 Å². The third kappa shape index (κ3) is 2.55. The van der Waals surface area contributed by atoms with Gasteiger partial charge in [-0.2, -0.15) is 0 Å². The van der Waals surface area contributed by atoms with Gasteiger partial charge in [-0.1, -0.05) is 6.92 Å². The van der Waals surface area contributed by atoms with Crippen LogP contribution >= 0.6 is 0 Å². The van der Waals surface area contributed by atoms with Crippen molar-refractivity contribution in [2.24, 2.45) is 5.73 Å². The molecular weight excluding hydrogens is 240 g/mol. The summed E-state index contributed by atoms with van der Waals surface area (Å²) in [5, 5.41) is 0. The van der Waals surface area contributed by atoms with Gasteiger partial charge < -0.3 is 15.0 Å². The van der Waals surface area contributed by atoms with Gasteiger partial charge in [-0.15, -0.1) is 0 Å². The lowest BCUT2D eigenvalue weighted by Gasteiger charge is -2.37. The molecule has 3 atom stereocenters. The molecule has 2 aliphatic rings. The molecule has 0 aromatic carbocycles. The fourth-order valence-corrected chi connectivity index (χ4v) is 3.27. The molecule has 19 heavy (non-hydrogen) atoms. The molecule has 0 saturated carbocycles. The minimum absolute atomic E-state index is 0.0763. The van der Waals surface area contributed by atoms with Crippen molar-refractivity contribution in [1.29, 1.82) is 0 Å². The Bertz CT molecular complexity index is 419. The molecule has 0 aliphatic carbocycles. The van der Waals surface area contributed by atoms with Gasteiger partial charge in [-0.3, -0.25) is 4.90 Å². The van der Waals surface area contributed by atoms with Crippen molar-refractivity contribution in [2.45, 2.75) is 50.9 Å². The normalized spacial score (nSPS) is 29.4. The molecule has 3 heterocycles. The molecule has 0 bridgehead atoms. The summed E-state index contributed by atoms with van der Waals surface area (Å²) in [6, 6.07) is 0.502. The summed E-state index contributed by atoms with van der Waals surface area (Å²) in [4.78, 5) is 6.96. The number of imidazole rings is 1. The van der Waals surface area contributed by atoms with Crippen molar-refractivity contribution in [3.8, 4) is 0 Å². The molecule has 2 N–H and O–H groups in total. The highest BCUT2D eigenvalue weighted by Gasteiger charge is 2.36. The first-order chi connectivity index (χ1) is 9.29. The third-order valence-electron chi connectivity index (χ3n) is 4.33. The number of ether oxygens (including phenoxy) is 1. The molecule has 5 nitrogen and oxygen atoms in total. The van der Waals surface area contributed by atoms with Crippen molar-refractivity contribution >= 4 is 0 Å². The van der Waals surface area contributed by atoms with E-state index in [0.717, 1.165) is 31.9 Å². The van der Waals surface area contributed by atoms with E-state index in [2.05, 4.69) is 21.4 Å². The third-order valence-corrected chi connectivity index (χ3v) is 4.33. The van der Waals surface area contributed by atoms with Gasteiger partial charge in [0.15, 0.2) is 0 Å². The van der Waals surface area contributed by atoms with Gasteiger partial charge >= 0.3 is 0 Å². The van der Waals surface area contributed by atoms with Crippen LogP contribution in [0.15, 0.2) is 12.4 Å². The van der Waals surface area contributed by atoms with Crippen LogP contribution in [0.1, 0.15) is 38.1 Å².